The zero-order valence-electron chi connectivity index (χ0n) is 15.8. The van der Waals surface area contributed by atoms with Gasteiger partial charge in [-0.3, -0.25) is 9.69 Å². The molecule has 5 nitrogen and oxygen atoms in total. The molecule has 1 amide bonds. The number of nitrogens with zero attached hydrogens (tertiary/aromatic N) is 2. The summed E-state index contributed by atoms with van der Waals surface area (Å²) in [6.07, 6.45) is 0.406. The normalized spacial score (nSPS) is 15.9. The number of carbonyl (C=O) groups is 1. The number of hydrogen-bond acceptors (Lipinski definition) is 4. The van der Waals surface area contributed by atoms with E-state index >= 15 is 0 Å². The second-order valence-corrected chi connectivity index (χ2v) is 6.97. The summed E-state index contributed by atoms with van der Waals surface area (Å²) in [6.45, 7) is 6.34. The summed E-state index contributed by atoms with van der Waals surface area (Å²) in [7, 11) is 0. The molecule has 27 heavy (non-hydrogen) atoms. The number of hydrogen-bond donors (Lipinski definition) is 1. The van der Waals surface area contributed by atoms with E-state index in [2.05, 4.69) is 58.3 Å². The molecular weight excluding hydrogens is 338 g/mol. The monoisotopic (exact) mass is 367 g/mol. The van der Waals surface area contributed by atoms with Crippen LogP contribution < -0.4 is 5.73 Å². The van der Waals surface area contributed by atoms with E-state index in [0.717, 1.165) is 39.3 Å². The van der Waals surface area contributed by atoms with Gasteiger partial charge >= 0.3 is 0 Å². The SMILES string of the molecule is NC(=O)CCN1CCN(CCOC(c2ccccc2)c2ccccc2)CC1. The number of benzene rings is 2. The Morgan fingerprint density at radius 3 is 1.81 bits per heavy atom. The summed E-state index contributed by atoms with van der Waals surface area (Å²) >= 11 is 0. The van der Waals surface area contributed by atoms with Crippen LogP contribution in [0.25, 0.3) is 0 Å². The molecule has 0 atom stereocenters. The highest BCUT2D eigenvalue weighted by Gasteiger charge is 2.18. The molecule has 0 saturated carbocycles. The lowest BCUT2D eigenvalue weighted by atomic mass is 10.0. The van der Waals surface area contributed by atoms with Crippen LogP contribution in [-0.2, 0) is 9.53 Å². The average molecular weight is 367 g/mol. The van der Waals surface area contributed by atoms with Gasteiger partial charge in [0.25, 0.3) is 0 Å². The summed E-state index contributed by atoms with van der Waals surface area (Å²) in [5.74, 6) is -0.223. The summed E-state index contributed by atoms with van der Waals surface area (Å²) in [4.78, 5) is 15.6. The van der Waals surface area contributed by atoms with Gasteiger partial charge in [-0.15, -0.1) is 0 Å². The van der Waals surface area contributed by atoms with E-state index < -0.39 is 0 Å². The Kier molecular flexibility index (Phi) is 7.39. The largest absolute Gasteiger partial charge is 0.370 e. The van der Waals surface area contributed by atoms with Crippen molar-refractivity contribution in [3.63, 3.8) is 0 Å². The van der Waals surface area contributed by atoms with E-state index in [1.165, 1.54) is 11.1 Å². The first kappa shape index (κ1) is 19.5. The van der Waals surface area contributed by atoms with Crippen LogP contribution in [0.2, 0.25) is 0 Å². The van der Waals surface area contributed by atoms with E-state index in [4.69, 9.17) is 10.5 Å². The molecule has 0 bridgehead atoms. The lowest BCUT2D eigenvalue weighted by Gasteiger charge is -2.34. The van der Waals surface area contributed by atoms with Crippen molar-refractivity contribution in [3.05, 3.63) is 71.8 Å². The van der Waals surface area contributed by atoms with Crippen molar-refractivity contribution in [3.8, 4) is 0 Å². The molecule has 0 aliphatic carbocycles. The summed E-state index contributed by atoms with van der Waals surface area (Å²) in [6, 6.07) is 20.8. The first-order chi connectivity index (χ1) is 13.2. The van der Waals surface area contributed by atoms with Crippen LogP contribution in [-0.4, -0.2) is 61.6 Å². The quantitative estimate of drug-likeness (QED) is 0.739. The van der Waals surface area contributed by atoms with Crippen LogP contribution in [0.15, 0.2) is 60.7 Å². The summed E-state index contributed by atoms with van der Waals surface area (Å²) < 4.78 is 6.31. The Balaban J connectivity index is 1.48. The molecule has 1 saturated heterocycles. The summed E-state index contributed by atoms with van der Waals surface area (Å²) in [5, 5.41) is 0. The van der Waals surface area contributed by atoms with Crippen LogP contribution in [0.3, 0.4) is 0 Å². The van der Waals surface area contributed by atoms with Crippen LogP contribution in [0.1, 0.15) is 23.7 Å². The third-order valence-electron chi connectivity index (χ3n) is 5.04. The number of rotatable bonds is 9. The highest BCUT2D eigenvalue weighted by atomic mass is 16.5. The number of ether oxygens (including phenoxy) is 1. The maximum atomic E-state index is 10.9. The number of carbonyl (C=O) groups excluding carboxylic acids is 1. The molecule has 3 rings (SSSR count). The van der Waals surface area contributed by atoms with Gasteiger partial charge in [0.15, 0.2) is 0 Å². The molecule has 5 heteroatoms. The van der Waals surface area contributed by atoms with Crippen molar-refractivity contribution in [2.24, 2.45) is 5.73 Å². The van der Waals surface area contributed by atoms with Crippen molar-refractivity contribution in [1.29, 1.82) is 0 Å². The number of amides is 1. The van der Waals surface area contributed by atoms with Gasteiger partial charge in [0.1, 0.15) is 6.10 Å². The van der Waals surface area contributed by atoms with Gasteiger partial charge in [-0.05, 0) is 11.1 Å². The Labute approximate surface area is 161 Å². The van der Waals surface area contributed by atoms with Gasteiger partial charge in [-0.25, -0.2) is 0 Å². The van der Waals surface area contributed by atoms with Gasteiger partial charge < -0.3 is 15.4 Å². The molecule has 0 radical (unpaired) electrons. The zero-order valence-corrected chi connectivity index (χ0v) is 15.8. The molecule has 1 fully saturated rings. The van der Waals surface area contributed by atoms with E-state index in [1.807, 2.05) is 12.1 Å². The predicted octanol–water partition coefficient (Wildman–Crippen LogP) is 2.29. The highest BCUT2D eigenvalue weighted by Crippen LogP contribution is 2.25. The van der Waals surface area contributed by atoms with Gasteiger partial charge in [0.2, 0.25) is 5.91 Å². The van der Waals surface area contributed by atoms with Gasteiger partial charge in [-0.1, -0.05) is 60.7 Å². The van der Waals surface area contributed by atoms with Crippen molar-refractivity contribution >= 4 is 5.91 Å². The van der Waals surface area contributed by atoms with Gasteiger partial charge in [0, 0.05) is 45.7 Å². The second-order valence-electron chi connectivity index (χ2n) is 6.97. The lowest BCUT2D eigenvalue weighted by molar-refractivity contribution is -0.118. The van der Waals surface area contributed by atoms with Crippen LogP contribution in [0.5, 0.6) is 0 Å². The van der Waals surface area contributed by atoms with Gasteiger partial charge in [0.05, 0.1) is 6.61 Å². The van der Waals surface area contributed by atoms with Crippen LogP contribution in [0, 0.1) is 0 Å². The third kappa shape index (κ3) is 6.17. The van der Waals surface area contributed by atoms with Crippen molar-refractivity contribution in [2.45, 2.75) is 12.5 Å². The molecule has 0 spiro atoms. The maximum absolute atomic E-state index is 10.9. The molecular formula is C22H29N3O2. The minimum atomic E-state index is -0.223. The van der Waals surface area contributed by atoms with Gasteiger partial charge in [-0.2, -0.15) is 0 Å². The first-order valence-corrected chi connectivity index (χ1v) is 9.67. The smallest absolute Gasteiger partial charge is 0.218 e. The average Bonchev–Trinajstić information content (AvgIpc) is 2.72. The van der Waals surface area contributed by atoms with Crippen molar-refractivity contribution < 1.29 is 9.53 Å². The fraction of sp³-hybridized carbons (Fsp3) is 0.409. The van der Waals surface area contributed by atoms with E-state index in [1.54, 1.807) is 0 Å². The predicted molar refractivity (Wildman–Crippen MR) is 107 cm³/mol. The number of nitrogens with two attached hydrogens (primary N) is 1. The Morgan fingerprint density at radius 1 is 0.852 bits per heavy atom. The standard InChI is InChI=1S/C22H29N3O2/c23-21(26)11-12-24-13-15-25(16-14-24)17-18-27-22(19-7-3-1-4-8-19)20-9-5-2-6-10-20/h1-10,22H,11-18H2,(H2,23,26). The molecule has 0 unspecified atom stereocenters. The van der Waals surface area contributed by atoms with E-state index in [9.17, 15) is 4.79 Å². The molecule has 144 valence electrons. The molecule has 2 aromatic rings. The highest BCUT2D eigenvalue weighted by molar-refractivity contribution is 5.73. The molecule has 1 aliphatic heterocycles. The number of piperazine rings is 1. The fourth-order valence-electron chi connectivity index (χ4n) is 3.45. The third-order valence-corrected chi connectivity index (χ3v) is 5.04. The first-order valence-electron chi connectivity index (χ1n) is 9.67. The van der Waals surface area contributed by atoms with E-state index in [-0.39, 0.29) is 12.0 Å². The van der Waals surface area contributed by atoms with Crippen molar-refractivity contribution in [2.75, 3.05) is 45.9 Å². The zero-order chi connectivity index (χ0) is 18.9. The van der Waals surface area contributed by atoms with E-state index in [0.29, 0.717) is 13.0 Å². The fourth-order valence-corrected chi connectivity index (χ4v) is 3.45. The number of primary amides is 1. The maximum Gasteiger partial charge on any atom is 0.218 e. The molecule has 1 heterocycles. The second kappa shape index (κ2) is 10.2. The Morgan fingerprint density at radius 2 is 1.33 bits per heavy atom. The topological polar surface area (TPSA) is 58.8 Å². The minimum absolute atomic E-state index is 0.0377. The van der Waals surface area contributed by atoms with Crippen LogP contribution >= 0.6 is 0 Å². The molecule has 1 aliphatic rings. The summed E-state index contributed by atoms with van der Waals surface area (Å²) in [5.41, 5.74) is 7.60. The van der Waals surface area contributed by atoms with Crippen molar-refractivity contribution in [1.82, 2.24) is 9.80 Å². The Hall–Kier alpha value is -2.21. The Bertz CT molecular complexity index is 646. The molecule has 2 N–H and O–H groups in total. The minimum Gasteiger partial charge on any atom is -0.370 e. The molecule has 0 aromatic heterocycles. The lowest BCUT2D eigenvalue weighted by Crippen LogP contribution is -2.47. The van der Waals surface area contributed by atoms with Crippen LogP contribution in [0.4, 0.5) is 0 Å². The molecule has 2 aromatic carbocycles.